The summed E-state index contributed by atoms with van der Waals surface area (Å²) >= 11 is 0. The Balaban J connectivity index is 2.38. The fourth-order valence-electron chi connectivity index (χ4n) is 3.56. The lowest BCUT2D eigenvalue weighted by Crippen LogP contribution is -2.55. The molecule has 1 aromatic rings. The number of rotatable bonds is 5. The molecule has 2 nitrogen and oxygen atoms in total. The summed E-state index contributed by atoms with van der Waals surface area (Å²) in [6.45, 7) is 6.33. The first-order valence-corrected chi connectivity index (χ1v) is 7.90. The van der Waals surface area contributed by atoms with Gasteiger partial charge in [-0.25, -0.2) is 8.78 Å². The fraction of sp³-hybridized carbons (Fsp3) is 0.647. The first-order chi connectivity index (χ1) is 10.0. The van der Waals surface area contributed by atoms with Crippen LogP contribution in [0.15, 0.2) is 18.2 Å². The Morgan fingerprint density at radius 3 is 2.48 bits per heavy atom. The lowest BCUT2D eigenvalue weighted by molar-refractivity contribution is 0.0435. The SMILES string of the molecule is CCC(C)(C(NC)c1cccc(F)c1F)N1CCCCC1. The van der Waals surface area contributed by atoms with E-state index in [1.165, 1.54) is 25.3 Å². The van der Waals surface area contributed by atoms with Crippen LogP contribution in [0.5, 0.6) is 0 Å². The van der Waals surface area contributed by atoms with Crippen LogP contribution in [0, 0.1) is 11.6 Å². The molecule has 0 saturated carbocycles. The molecule has 1 aliphatic rings. The summed E-state index contributed by atoms with van der Waals surface area (Å²) in [5.41, 5.74) is 0.205. The van der Waals surface area contributed by atoms with Crippen LogP contribution in [0.4, 0.5) is 8.78 Å². The molecule has 0 aromatic heterocycles. The summed E-state index contributed by atoms with van der Waals surface area (Å²) < 4.78 is 27.8. The van der Waals surface area contributed by atoms with Gasteiger partial charge in [0, 0.05) is 11.1 Å². The highest BCUT2D eigenvalue weighted by Crippen LogP contribution is 2.37. The van der Waals surface area contributed by atoms with E-state index in [9.17, 15) is 8.78 Å². The van der Waals surface area contributed by atoms with Gasteiger partial charge in [0.25, 0.3) is 0 Å². The number of halogens is 2. The van der Waals surface area contributed by atoms with Crippen molar-refractivity contribution in [3.8, 4) is 0 Å². The molecule has 2 unspecified atom stereocenters. The molecule has 2 atom stereocenters. The van der Waals surface area contributed by atoms with Crippen molar-refractivity contribution in [1.29, 1.82) is 0 Å². The average Bonchev–Trinajstić information content (AvgIpc) is 2.52. The Kier molecular flexibility index (Phi) is 5.33. The quantitative estimate of drug-likeness (QED) is 0.887. The number of hydrogen-bond donors (Lipinski definition) is 1. The first kappa shape index (κ1) is 16.4. The van der Waals surface area contributed by atoms with Crippen molar-refractivity contribution >= 4 is 0 Å². The molecule has 2 rings (SSSR count). The van der Waals surface area contributed by atoms with Gasteiger partial charge in [-0.15, -0.1) is 0 Å². The first-order valence-electron chi connectivity index (χ1n) is 7.90. The summed E-state index contributed by atoms with van der Waals surface area (Å²) in [6.07, 6.45) is 4.50. The lowest BCUT2D eigenvalue weighted by Gasteiger charge is -2.48. The van der Waals surface area contributed by atoms with E-state index in [0.29, 0.717) is 5.56 Å². The van der Waals surface area contributed by atoms with Crippen molar-refractivity contribution < 1.29 is 8.78 Å². The summed E-state index contributed by atoms with van der Waals surface area (Å²) in [5, 5.41) is 3.23. The van der Waals surface area contributed by atoms with E-state index in [2.05, 4.69) is 24.1 Å². The second-order valence-electron chi connectivity index (χ2n) is 6.12. The van der Waals surface area contributed by atoms with E-state index in [0.717, 1.165) is 19.5 Å². The minimum atomic E-state index is -0.773. The maximum atomic E-state index is 14.2. The van der Waals surface area contributed by atoms with Crippen LogP contribution in [-0.2, 0) is 0 Å². The highest BCUT2D eigenvalue weighted by atomic mass is 19.2. The Bertz CT molecular complexity index is 472. The lowest BCUT2D eigenvalue weighted by atomic mass is 9.81. The Morgan fingerprint density at radius 2 is 1.90 bits per heavy atom. The molecule has 0 spiro atoms. The number of nitrogens with zero attached hydrogens (tertiary/aromatic N) is 1. The zero-order chi connectivity index (χ0) is 15.5. The zero-order valence-corrected chi connectivity index (χ0v) is 13.3. The van der Waals surface area contributed by atoms with Crippen LogP contribution in [0.1, 0.15) is 51.1 Å². The molecule has 0 bridgehead atoms. The molecular weight excluding hydrogens is 270 g/mol. The molecule has 118 valence electrons. The average molecular weight is 296 g/mol. The predicted octanol–water partition coefficient (Wildman–Crippen LogP) is 3.88. The summed E-state index contributed by atoms with van der Waals surface area (Å²) in [5.74, 6) is -1.50. The van der Waals surface area contributed by atoms with Crippen LogP contribution in [-0.4, -0.2) is 30.6 Å². The molecule has 1 fully saturated rings. The highest BCUT2D eigenvalue weighted by molar-refractivity contribution is 5.26. The highest BCUT2D eigenvalue weighted by Gasteiger charge is 2.40. The minimum absolute atomic E-state index is 0.218. The summed E-state index contributed by atoms with van der Waals surface area (Å²) in [7, 11) is 1.83. The second kappa shape index (κ2) is 6.84. The van der Waals surface area contributed by atoms with Gasteiger partial charge in [-0.2, -0.15) is 0 Å². The third-order valence-corrected chi connectivity index (χ3v) is 5.00. The third-order valence-electron chi connectivity index (χ3n) is 5.00. The normalized spacial score (nSPS) is 21.0. The van der Waals surface area contributed by atoms with Gasteiger partial charge in [0.2, 0.25) is 0 Å². The van der Waals surface area contributed by atoms with Crippen LogP contribution >= 0.6 is 0 Å². The van der Waals surface area contributed by atoms with Crippen molar-refractivity contribution in [1.82, 2.24) is 10.2 Å². The van der Waals surface area contributed by atoms with Crippen LogP contribution in [0.3, 0.4) is 0 Å². The number of hydrogen-bond acceptors (Lipinski definition) is 2. The predicted molar refractivity (Wildman–Crippen MR) is 82.3 cm³/mol. The van der Waals surface area contributed by atoms with E-state index in [4.69, 9.17) is 0 Å². The zero-order valence-electron chi connectivity index (χ0n) is 13.3. The van der Waals surface area contributed by atoms with Crippen molar-refractivity contribution in [2.75, 3.05) is 20.1 Å². The molecule has 0 aliphatic carbocycles. The second-order valence-corrected chi connectivity index (χ2v) is 6.12. The molecule has 1 aromatic carbocycles. The molecule has 1 saturated heterocycles. The van der Waals surface area contributed by atoms with Crippen LogP contribution in [0.25, 0.3) is 0 Å². The molecular formula is C17H26F2N2. The van der Waals surface area contributed by atoms with Gasteiger partial charge >= 0.3 is 0 Å². The van der Waals surface area contributed by atoms with E-state index < -0.39 is 11.6 Å². The van der Waals surface area contributed by atoms with Crippen LogP contribution in [0.2, 0.25) is 0 Å². The van der Waals surface area contributed by atoms with E-state index >= 15 is 0 Å². The van der Waals surface area contributed by atoms with Gasteiger partial charge in [-0.3, -0.25) is 4.90 Å². The molecule has 4 heteroatoms. The Hall–Kier alpha value is -1.00. The summed E-state index contributed by atoms with van der Waals surface area (Å²) in [4.78, 5) is 2.43. The molecule has 0 radical (unpaired) electrons. The Labute approximate surface area is 126 Å². The number of nitrogens with one attached hydrogen (secondary N) is 1. The molecule has 21 heavy (non-hydrogen) atoms. The largest absolute Gasteiger partial charge is 0.311 e. The van der Waals surface area contributed by atoms with E-state index in [1.807, 2.05) is 7.05 Å². The minimum Gasteiger partial charge on any atom is -0.311 e. The van der Waals surface area contributed by atoms with Crippen molar-refractivity contribution in [2.45, 2.75) is 51.1 Å². The molecule has 1 N–H and O–H groups in total. The fourth-order valence-corrected chi connectivity index (χ4v) is 3.56. The number of benzene rings is 1. The third kappa shape index (κ3) is 3.11. The van der Waals surface area contributed by atoms with Crippen LogP contribution < -0.4 is 5.32 Å². The van der Waals surface area contributed by atoms with Crippen molar-refractivity contribution in [3.05, 3.63) is 35.4 Å². The Morgan fingerprint density at radius 1 is 1.24 bits per heavy atom. The van der Waals surface area contributed by atoms with E-state index in [-0.39, 0.29) is 11.6 Å². The molecule has 1 aliphatic heterocycles. The topological polar surface area (TPSA) is 15.3 Å². The molecule has 1 heterocycles. The van der Waals surface area contributed by atoms with Gasteiger partial charge in [0.1, 0.15) is 0 Å². The van der Waals surface area contributed by atoms with E-state index in [1.54, 1.807) is 12.1 Å². The van der Waals surface area contributed by atoms with Gasteiger partial charge in [-0.05, 0) is 52.4 Å². The number of likely N-dealkylation sites (tertiary alicyclic amines) is 1. The van der Waals surface area contributed by atoms with Crippen molar-refractivity contribution in [3.63, 3.8) is 0 Å². The number of likely N-dealkylation sites (N-methyl/N-ethyl adjacent to an activating group) is 1. The van der Waals surface area contributed by atoms with Gasteiger partial charge < -0.3 is 5.32 Å². The maximum Gasteiger partial charge on any atom is 0.163 e. The van der Waals surface area contributed by atoms with Gasteiger partial charge in [0.15, 0.2) is 11.6 Å². The molecule has 0 amide bonds. The summed E-state index contributed by atoms with van der Waals surface area (Å²) in [6, 6.07) is 4.23. The smallest absolute Gasteiger partial charge is 0.163 e. The van der Waals surface area contributed by atoms with Gasteiger partial charge in [0.05, 0.1) is 6.04 Å². The monoisotopic (exact) mass is 296 g/mol. The van der Waals surface area contributed by atoms with Gasteiger partial charge in [-0.1, -0.05) is 25.5 Å². The number of piperidine rings is 1. The maximum absolute atomic E-state index is 14.2. The van der Waals surface area contributed by atoms with Crippen molar-refractivity contribution in [2.24, 2.45) is 0 Å². The standard InChI is InChI=1S/C17H26F2N2/c1-4-17(2,21-11-6-5-7-12-21)16(20-3)13-9-8-10-14(18)15(13)19/h8-10,16,20H,4-7,11-12H2,1-3H3.